The molecule has 0 radical (unpaired) electrons. The van der Waals surface area contributed by atoms with E-state index in [9.17, 15) is 19.2 Å². The summed E-state index contributed by atoms with van der Waals surface area (Å²) >= 11 is 0. The Labute approximate surface area is 215 Å². The Kier molecular flexibility index (Phi) is 9.66. The van der Waals surface area contributed by atoms with Gasteiger partial charge in [0.25, 0.3) is 0 Å². The normalized spacial score (nSPS) is 17.9. The highest BCUT2D eigenvalue weighted by Gasteiger charge is 2.38. The topological polar surface area (TPSA) is 179 Å². The number of rotatable bonds is 11. The second kappa shape index (κ2) is 12.9. The van der Waals surface area contributed by atoms with E-state index in [0.29, 0.717) is 6.54 Å². The number of nitrogens with zero attached hydrogens (tertiary/aromatic N) is 3. The van der Waals surface area contributed by atoms with Gasteiger partial charge in [0.2, 0.25) is 11.8 Å². The number of carbonyl (C=O) groups excluding carboxylic acids is 3. The van der Waals surface area contributed by atoms with Crippen molar-refractivity contribution in [3.8, 4) is 0 Å². The molecule has 1 aromatic rings. The number of carboxylic acid groups (broad SMARTS) is 1. The maximum Gasteiger partial charge on any atom is 0.408 e. The molecular formula is C24H34N6O7. The minimum absolute atomic E-state index is 0.0242. The molecule has 37 heavy (non-hydrogen) atoms. The van der Waals surface area contributed by atoms with Gasteiger partial charge in [-0.1, -0.05) is 30.3 Å². The molecule has 1 saturated carbocycles. The van der Waals surface area contributed by atoms with Crippen LogP contribution in [0.1, 0.15) is 31.2 Å². The van der Waals surface area contributed by atoms with E-state index in [-0.39, 0.29) is 51.1 Å². The lowest BCUT2D eigenvalue weighted by molar-refractivity contribution is -0.152. The molecule has 1 saturated heterocycles. The highest BCUT2D eigenvalue weighted by atomic mass is 16.5. The van der Waals surface area contributed by atoms with E-state index >= 15 is 0 Å². The summed E-state index contributed by atoms with van der Waals surface area (Å²) in [5, 5.41) is 19.2. The van der Waals surface area contributed by atoms with Crippen LogP contribution in [0.2, 0.25) is 0 Å². The molecule has 0 bridgehead atoms. The number of aliphatic carboxylic acids is 1. The number of hydrogen-bond acceptors (Lipinski definition) is 7. The molecule has 1 aliphatic heterocycles. The van der Waals surface area contributed by atoms with E-state index in [1.54, 1.807) is 29.2 Å². The zero-order valence-electron chi connectivity index (χ0n) is 20.8. The SMILES string of the molecule is CN(C(=O)C[C@H](NC(=O)OCc1ccccc1)C(=O)N(CCC(=O)O)C1CC1)C1CN(C(=N)N)CCO1. The third-order valence-electron chi connectivity index (χ3n) is 6.23. The van der Waals surface area contributed by atoms with Gasteiger partial charge in [-0.3, -0.25) is 19.8 Å². The number of guanidine groups is 1. The Morgan fingerprint density at radius 3 is 2.59 bits per heavy atom. The van der Waals surface area contributed by atoms with Crippen molar-refractivity contribution in [1.29, 1.82) is 5.41 Å². The lowest BCUT2D eigenvalue weighted by atomic mass is 10.1. The van der Waals surface area contributed by atoms with Gasteiger partial charge in [-0.15, -0.1) is 0 Å². The number of carbonyl (C=O) groups is 4. The lowest BCUT2D eigenvalue weighted by Gasteiger charge is -2.38. The van der Waals surface area contributed by atoms with E-state index in [4.69, 9.17) is 25.7 Å². The van der Waals surface area contributed by atoms with E-state index in [1.807, 2.05) is 6.07 Å². The molecule has 202 valence electrons. The zero-order chi connectivity index (χ0) is 26.9. The summed E-state index contributed by atoms with van der Waals surface area (Å²) in [6, 6.07) is 7.60. The summed E-state index contributed by atoms with van der Waals surface area (Å²) in [6.07, 6.45) is -0.757. The molecule has 1 unspecified atom stereocenters. The van der Waals surface area contributed by atoms with E-state index in [2.05, 4.69) is 5.32 Å². The van der Waals surface area contributed by atoms with Gasteiger partial charge in [-0.25, -0.2) is 4.79 Å². The van der Waals surface area contributed by atoms with E-state index < -0.39 is 36.1 Å². The Balaban J connectivity index is 1.69. The van der Waals surface area contributed by atoms with Crippen LogP contribution in [0.4, 0.5) is 4.79 Å². The van der Waals surface area contributed by atoms with Crippen molar-refractivity contribution < 1.29 is 33.8 Å². The van der Waals surface area contributed by atoms with Crippen molar-refractivity contribution in [2.24, 2.45) is 5.73 Å². The zero-order valence-corrected chi connectivity index (χ0v) is 20.8. The highest BCUT2D eigenvalue weighted by molar-refractivity contribution is 5.91. The van der Waals surface area contributed by atoms with Crippen molar-refractivity contribution in [1.82, 2.24) is 20.0 Å². The average Bonchev–Trinajstić information content (AvgIpc) is 3.72. The smallest absolute Gasteiger partial charge is 0.408 e. The predicted octanol–water partition coefficient (Wildman–Crippen LogP) is 0.147. The van der Waals surface area contributed by atoms with E-state index in [0.717, 1.165) is 18.4 Å². The number of nitrogens with two attached hydrogens (primary N) is 1. The molecule has 2 fully saturated rings. The Morgan fingerprint density at radius 2 is 1.97 bits per heavy atom. The van der Waals surface area contributed by atoms with Crippen LogP contribution in [0.5, 0.6) is 0 Å². The molecule has 3 amide bonds. The van der Waals surface area contributed by atoms with Crippen LogP contribution in [-0.2, 0) is 30.5 Å². The number of benzene rings is 1. The molecular weight excluding hydrogens is 484 g/mol. The molecule has 5 N–H and O–H groups in total. The lowest BCUT2D eigenvalue weighted by Crippen LogP contribution is -2.56. The molecule has 1 aromatic carbocycles. The number of likely N-dealkylation sites (N-methyl/N-ethyl adjacent to an activating group) is 1. The molecule has 13 heteroatoms. The molecule has 3 rings (SSSR count). The number of amides is 3. The average molecular weight is 519 g/mol. The number of carboxylic acids is 1. The molecule has 0 spiro atoms. The second-order valence-electron chi connectivity index (χ2n) is 9.03. The number of alkyl carbamates (subject to hydrolysis) is 1. The largest absolute Gasteiger partial charge is 0.481 e. The minimum atomic E-state index is -1.26. The monoisotopic (exact) mass is 518 g/mol. The Bertz CT molecular complexity index is 987. The first kappa shape index (κ1) is 27.7. The maximum atomic E-state index is 13.4. The van der Waals surface area contributed by atoms with Crippen molar-refractivity contribution in [3.63, 3.8) is 0 Å². The van der Waals surface area contributed by atoms with Gasteiger partial charge in [0.1, 0.15) is 18.9 Å². The third kappa shape index (κ3) is 8.34. The number of nitrogens with one attached hydrogen (secondary N) is 2. The first-order chi connectivity index (χ1) is 17.7. The standard InChI is InChI=1S/C24H34N6O7/c1-28(20-14-29(23(25)26)11-12-36-20)19(31)13-18(22(34)30(17-7-8-17)10-9-21(32)33)27-24(35)37-15-16-5-3-2-4-6-16/h2-6,17-18,20H,7-15H2,1H3,(H3,25,26)(H,27,35)(H,32,33)/t18-,20?/m0/s1. The van der Waals surface area contributed by atoms with Crippen molar-refractivity contribution in [2.45, 2.75) is 50.6 Å². The molecule has 1 heterocycles. The van der Waals surface area contributed by atoms with Crippen LogP contribution < -0.4 is 11.1 Å². The summed E-state index contributed by atoms with van der Waals surface area (Å²) < 4.78 is 10.9. The summed E-state index contributed by atoms with van der Waals surface area (Å²) in [7, 11) is 1.51. The maximum absolute atomic E-state index is 13.4. The van der Waals surface area contributed by atoms with Crippen LogP contribution in [0.15, 0.2) is 30.3 Å². The van der Waals surface area contributed by atoms with Gasteiger partial charge in [0.15, 0.2) is 5.96 Å². The fourth-order valence-corrected chi connectivity index (χ4v) is 3.95. The van der Waals surface area contributed by atoms with Crippen LogP contribution >= 0.6 is 0 Å². The van der Waals surface area contributed by atoms with Crippen molar-refractivity contribution >= 4 is 29.8 Å². The molecule has 2 atom stereocenters. The second-order valence-corrected chi connectivity index (χ2v) is 9.03. The van der Waals surface area contributed by atoms with Gasteiger partial charge in [-0.05, 0) is 18.4 Å². The fourth-order valence-electron chi connectivity index (χ4n) is 3.95. The fraction of sp³-hybridized carbons (Fsp3) is 0.542. The van der Waals surface area contributed by atoms with Gasteiger partial charge >= 0.3 is 12.1 Å². The van der Waals surface area contributed by atoms with Crippen LogP contribution in [0.3, 0.4) is 0 Å². The Hall–Kier alpha value is -3.87. The van der Waals surface area contributed by atoms with Gasteiger partial charge in [0.05, 0.1) is 26.0 Å². The van der Waals surface area contributed by atoms with Crippen molar-refractivity contribution in [2.75, 3.05) is 33.3 Å². The van der Waals surface area contributed by atoms with Crippen LogP contribution in [0, 0.1) is 5.41 Å². The number of ether oxygens (including phenoxy) is 2. The molecule has 2 aliphatic rings. The van der Waals surface area contributed by atoms with Gasteiger partial charge in [0, 0.05) is 26.2 Å². The molecule has 0 aromatic heterocycles. The first-order valence-electron chi connectivity index (χ1n) is 12.1. The quantitative estimate of drug-likeness (QED) is 0.234. The highest BCUT2D eigenvalue weighted by Crippen LogP contribution is 2.28. The summed E-state index contributed by atoms with van der Waals surface area (Å²) in [5.41, 5.74) is 6.32. The summed E-state index contributed by atoms with van der Waals surface area (Å²) in [5.74, 6) is -2.21. The predicted molar refractivity (Wildman–Crippen MR) is 131 cm³/mol. The number of hydrogen-bond donors (Lipinski definition) is 4. The van der Waals surface area contributed by atoms with Gasteiger partial charge in [-0.2, -0.15) is 0 Å². The first-order valence-corrected chi connectivity index (χ1v) is 12.1. The minimum Gasteiger partial charge on any atom is -0.481 e. The summed E-state index contributed by atoms with van der Waals surface area (Å²) in [6.45, 7) is 0.821. The third-order valence-corrected chi connectivity index (χ3v) is 6.23. The van der Waals surface area contributed by atoms with Gasteiger partial charge < -0.3 is 40.3 Å². The molecule has 1 aliphatic carbocycles. The molecule has 13 nitrogen and oxygen atoms in total. The number of morpholine rings is 1. The van der Waals surface area contributed by atoms with Crippen molar-refractivity contribution in [3.05, 3.63) is 35.9 Å². The Morgan fingerprint density at radius 1 is 1.27 bits per heavy atom. The van der Waals surface area contributed by atoms with Crippen LogP contribution in [0.25, 0.3) is 0 Å². The summed E-state index contributed by atoms with van der Waals surface area (Å²) in [4.78, 5) is 54.6. The van der Waals surface area contributed by atoms with E-state index in [1.165, 1.54) is 16.8 Å². The van der Waals surface area contributed by atoms with Crippen LogP contribution in [-0.4, -0.2) is 101 Å².